The van der Waals surface area contributed by atoms with E-state index in [2.05, 4.69) is 15.6 Å². The normalized spacial score (nSPS) is 22.2. The summed E-state index contributed by atoms with van der Waals surface area (Å²) < 4.78 is 11.8. The molecular weight excluding hydrogens is 310 g/mol. The summed E-state index contributed by atoms with van der Waals surface area (Å²) in [6, 6.07) is 5.40. The smallest absolute Gasteiger partial charge is 0.309 e. The number of rotatable bonds is 4. The van der Waals surface area contributed by atoms with Crippen molar-refractivity contribution in [1.29, 1.82) is 0 Å². The zero-order valence-electron chi connectivity index (χ0n) is 13.6. The summed E-state index contributed by atoms with van der Waals surface area (Å²) in [5.41, 5.74) is 0.699. The number of ether oxygens (including phenoxy) is 2. The van der Waals surface area contributed by atoms with Crippen molar-refractivity contribution < 1.29 is 19.1 Å². The standard InChI is InChI=1S/C17H23N3O4/c21-15(19-10-13-6-2-5-9-18-13)16(22)20-11-14-12-23-17(24-14)7-3-1-4-8-17/h2,5-6,9,14H,1,3-4,7-8,10-12H2,(H,19,21)(H,20,22)/t14-/m1/s1. The number of aromatic nitrogens is 1. The Morgan fingerprint density at radius 3 is 2.71 bits per heavy atom. The lowest BCUT2D eigenvalue weighted by atomic mass is 9.94. The molecule has 2 heterocycles. The maximum absolute atomic E-state index is 11.8. The predicted octanol–water partition coefficient (Wildman–Crippen LogP) is 0.890. The van der Waals surface area contributed by atoms with Crippen LogP contribution in [0.2, 0.25) is 0 Å². The zero-order chi connectivity index (χ0) is 16.8. The number of carbonyl (C=O) groups excluding carboxylic acids is 2. The molecule has 0 radical (unpaired) electrons. The van der Waals surface area contributed by atoms with Crippen molar-refractivity contribution in [3.05, 3.63) is 30.1 Å². The van der Waals surface area contributed by atoms with Crippen molar-refractivity contribution in [1.82, 2.24) is 15.6 Å². The summed E-state index contributed by atoms with van der Waals surface area (Å²) >= 11 is 0. The van der Waals surface area contributed by atoms with E-state index in [4.69, 9.17) is 9.47 Å². The molecule has 1 aromatic rings. The van der Waals surface area contributed by atoms with Gasteiger partial charge < -0.3 is 20.1 Å². The van der Waals surface area contributed by atoms with Gasteiger partial charge in [-0.1, -0.05) is 12.5 Å². The molecular formula is C17H23N3O4. The summed E-state index contributed by atoms with van der Waals surface area (Å²) in [6.07, 6.45) is 6.68. The van der Waals surface area contributed by atoms with Crippen LogP contribution >= 0.6 is 0 Å². The van der Waals surface area contributed by atoms with Gasteiger partial charge in [-0.2, -0.15) is 0 Å². The molecule has 1 atom stereocenters. The fourth-order valence-electron chi connectivity index (χ4n) is 3.11. The van der Waals surface area contributed by atoms with E-state index in [1.807, 2.05) is 6.07 Å². The van der Waals surface area contributed by atoms with Gasteiger partial charge in [-0.15, -0.1) is 0 Å². The highest BCUT2D eigenvalue weighted by atomic mass is 16.7. The van der Waals surface area contributed by atoms with Crippen molar-refractivity contribution >= 4 is 11.8 Å². The Morgan fingerprint density at radius 1 is 1.17 bits per heavy atom. The molecule has 1 aliphatic heterocycles. The highest BCUT2D eigenvalue weighted by Gasteiger charge is 2.42. The summed E-state index contributed by atoms with van der Waals surface area (Å²) in [7, 11) is 0. The number of nitrogens with one attached hydrogen (secondary N) is 2. The summed E-state index contributed by atoms with van der Waals surface area (Å²) in [5, 5.41) is 5.15. The molecule has 0 bridgehead atoms. The Balaban J connectivity index is 1.38. The molecule has 0 aromatic carbocycles. The van der Waals surface area contributed by atoms with E-state index in [-0.39, 0.29) is 19.2 Å². The average molecular weight is 333 g/mol. The largest absolute Gasteiger partial charge is 0.347 e. The molecule has 1 aliphatic carbocycles. The first-order valence-electron chi connectivity index (χ1n) is 8.45. The van der Waals surface area contributed by atoms with Crippen LogP contribution in [0.5, 0.6) is 0 Å². The molecule has 1 saturated carbocycles. The molecule has 130 valence electrons. The van der Waals surface area contributed by atoms with Crippen LogP contribution in [0.1, 0.15) is 37.8 Å². The minimum Gasteiger partial charge on any atom is -0.347 e. The average Bonchev–Trinajstić information content (AvgIpc) is 3.01. The third-order valence-electron chi connectivity index (χ3n) is 4.38. The van der Waals surface area contributed by atoms with E-state index < -0.39 is 17.6 Å². The highest BCUT2D eigenvalue weighted by molar-refractivity contribution is 6.35. The van der Waals surface area contributed by atoms with Gasteiger partial charge in [0.2, 0.25) is 0 Å². The highest BCUT2D eigenvalue weighted by Crippen LogP contribution is 2.37. The van der Waals surface area contributed by atoms with Gasteiger partial charge >= 0.3 is 11.8 Å². The van der Waals surface area contributed by atoms with Gasteiger partial charge in [-0.25, -0.2) is 0 Å². The Hall–Kier alpha value is -1.99. The fourth-order valence-corrected chi connectivity index (χ4v) is 3.11. The van der Waals surface area contributed by atoms with Gasteiger partial charge in [0.25, 0.3) is 0 Å². The molecule has 2 amide bonds. The predicted molar refractivity (Wildman–Crippen MR) is 85.7 cm³/mol. The van der Waals surface area contributed by atoms with Crippen molar-refractivity contribution in [2.45, 2.75) is 50.5 Å². The summed E-state index contributed by atoms with van der Waals surface area (Å²) in [5.74, 6) is -1.81. The lowest BCUT2D eigenvalue weighted by Crippen LogP contribution is -2.43. The van der Waals surface area contributed by atoms with Gasteiger partial charge in [-0.05, 0) is 25.0 Å². The van der Waals surface area contributed by atoms with Crippen LogP contribution in [0.25, 0.3) is 0 Å². The minimum atomic E-state index is -0.674. The Kier molecular flexibility index (Phi) is 5.42. The number of pyridine rings is 1. The summed E-state index contributed by atoms with van der Waals surface area (Å²) in [4.78, 5) is 27.7. The third-order valence-corrected chi connectivity index (χ3v) is 4.38. The molecule has 24 heavy (non-hydrogen) atoms. The van der Waals surface area contributed by atoms with Crippen LogP contribution in [0.3, 0.4) is 0 Å². The molecule has 7 heteroatoms. The van der Waals surface area contributed by atoms with E-state index in [9.17, 15) is 9.59 Å². The number of hydrogen-bond donors (Lipinski definition) is 2. The zero-order valence-corrected chi connectivity index (χ0v) is 13.6. The SMILES string of the molecule is O=C(NCc1ccccn1)C(=O)NC[C@@H]1COC2(CCCCC2)O1. The van der Waals surface area contributed by atoms with Gasteiger partial charge in [-0.3, -0.25) is 14.6 Å². The van der Waals surface area contributed by atoms with Crippen molar-refractivity contribution in [3.8, 4) is 0 Å². The van der Waals surface area contributed by atoms with Gasteiger partial charge in [0, 0.05) is 25.6 Å². The van der Waals surface area contributed by atoms with E-state index in [0.29, 0.717) is 12.3 Å². The van der Waals surface area contributed by atoms with Crippen molar-refractivity contribution in [2.75, 3.05) is 13.2 Å². The van der Waals surface area contributed by atoms with E-state index in [0.717, 1.165) is 25.7 Å². The van der Waals surface area contributed by atoms with E-state index in [1.54, 1.807) is 18.3 Å². The number of amides is 2. The Labute approximate surface area is 141 Å². The molecule has 2 N–H and O–H groups in total. The first-order chi connectivity index (χ1) is 11.7. The molecule has 0 unspecified atom stereocenters. The minimum absolute atomic E-state index is 0.198. The van der Waals surface area contributed by atoms with E-state index >= 15 is 0 Å². The molecule has 3 rings (SSSR count). The van der Waals surface area contributed by atoms with Crippen LogP contribution in [-0.4, -0.2) is 41.8 Å². The second-order valence-corrected chi connectivity index (χ2v) is 6.24. The molecule has 2 fully saturated rings. The van der Waals surface area contributed by atoms with Crippen LogP contribution < -0.4 is 10.6 Å². The molecule has 1 aromatic heterocycles. The molecule has 1 spiro atoms. The van der Waals surface area contributed by atoms with Crippen LogP contribution in [-0.2, 0) is 25.6 Å². The third kappa shape index (κ3) is 4.30. The molecule has 1 saturated heterocycles. The second kappa shape index (κ2) is 7.72. The number of nitrogens with zero attached hydrogens (tertiary/aromatic N) is 1. The first kappa shape index (κ1) is 16.9. The van der Waals surface area contributed by atoms with Crippen molar-refractivity contribution in [2.24, 2.45) is 0 Å². The first-order valence-corrected chi connectivity index (χ1v) is 8.45. The number of hydrogen-bond acceptors (Lipinski definition) is 5. The van der Waals surface area contributed by atoms with Crippen LogP contribution in [0.15, 0.2) is 24.4 Å². The lowest BCUT2D eigenvalue weighted by Gasteiger charge is -2.31. The van der Waals surface area contributed by atoms with E-state index in [1.165, 1.54) is 6.42 Å². The fraction of sp³-hybridized carbons (Fsp3) is 0.588. The van der Waals surface area contributed by atoms with Gasteiger partial charge in [0.1, 0.15) is 6.10 Å². The van der Waals surface area contributed by atoms with Crippen molar-refractivity contribution in [3.63, 3.8) is 0 Å². The second-order valence-electron chi connectivity index (χ2n) is 6.24. The van der Waals surface area contributed by atoms with Gasteiger partial charge in [0.15, 0.2) is 5.79 Å². The van der Waals surface area contributed by atoms with Crippen LogP contribution in [0.4, 0.5) is 0 Å². The quantitative estimate of drug-likeness (QED) is 0.799. The molecule has 7 nitrogen and oxygen atoms in total. The number of carbonyl (C=O) groups is 2. The van der Waals surface area contributed by atoms with Crippen LogP contribution in [0, 0.1) is 0 Å². The Bertz CT molecular complexity index is 572. The Morgan fingerprint density at radius 2 is 1.96 bits per heavy atom. The summed E-state index contributed by atoms with van der Waals surface area (Å²) in [6.45, 7) is 0.951. The van der Waals surface area contributed by atoms with Gasteiger partial charge in [0.05, 0.1) is 18.8 Å². The lowest BCUT2D eigenvalue weighted by molar-refractivity contribution is -0.186. The maximum Gasteiger partial charge on any atom is 0.309 e. The topological polar surface area (TPSA) is 89.6 Å². The maximum atomic E-state index is 11.8. The molecule has 2 aliphatic rings. The monoisotopic (exact) mass is 333 g/mol.